The van der Waals surface area contributed by atoms with Gasteiger partial charge in [0.15, 0.2) is 0 Å². The fourth-order valence-corrected chi connectivity index (χ4v) is 1.53. The van der Waals surface area contributed by atoms with E-state index in [4.69, 9.17) is 4.74 Å². The Labute approximate surface area is 83.2 Å². The van der Waals surface area contributed by atoms with Gasteiger partial charge < -0.3 is 4.74 Å². The highest BCUT2D eigenvalue weighted by molar-refractivity contribution is 7.82. The van der Waals surface area contributed by atoms with Crippen LogP contribution in [0.1, 0.15) is 33.1 Å². The molecule has 0 amide bonds. The van der Waals surface area contributed by atoms with Gasteiger partial charge >= 0.3 is 5.97 Å². The fourth-order valence-electron chi connectivity index (χ4n) is 1.22. The summed E-state index contributed by atoms with van der Waals surface area (Å²) in [5, 5.41) is -0.456. The van der Waals surface area contributed by atoms with Crippen LogP contribution in [0.4, 0.5) is 0 Å². The summed E-state index contributed by atoms with van der Waals surface area (Å²) in [6.45, 7) is 3.21. The molecule has 74 valence electrons. The molecule has 1 saturated carbocycles. The molecule has 0 heterocycles. The van der Waals surface area contributed by atoms with Crippen LogP contribution in [-0.2, 0) is 14.3 Å². The van der Waals surface area contributed by atoms with Crippen LogP contribution in [0.25, 0.3) is 0 Å². The highest BCUT2D eigenvalue weighted by atomic mass is 32.1. The maximum absolute atomic E-state index is 11.0. The highest BCUT2D eigenvalue weighted by Crippen LogP contribution is 2.45. The zero-order chi connectivity index (χ0) is 10.1. The standard InChI is InChI=1S/C9H14O3S/c1-3-7(11)12-9(4-5-9)8(13)6(2)10/h8,13H,3-5H2,1-2H3. The summed E-state index contributed by atoms with van der Waals surface area (Å²) in [5.41, 5.74) is -0.581. The second-order valence-corrected chi connectivity index (χ2v) is 3.92. The topological polar surface area (TPSA) is 43.4 Å². The van der Waals surface area contributed by atoms with E-state index in [1.807, 2.05) is 0 Å². The average Bonchev–Trinajstić information content (AvgIpc) is 2.84. The van der Waals surface area contributed by atoms with Crippen LogP contribution in [-0.4, -0.2) is 22.6 Å². The van der Waals surface area contributed by atoms with Crippen molar-refractivity contribution in [2.45, 2.75) is 44.0 Å². The number of carbonyl (C=O) groups excluding carboxylic acids is 2. The van der Waals surface area contributed by atoms with Gasteiger partial charge in [0.2, 0.25) is 0 Å². The van der Waals surface area contributed by atoms with Crippen molar-refractivity contribution in [2.75, 3.05) is 0 Å². The summed E-state index contributed by atoms with van der Waals surface area (Å²) in [7, 11) is 0. The Morgan fingerprint density at radius 3 is 2.38 bits per heavy atom. The van der Waals surface area contributed by atoms with E-state index >= 15 is 0 Å². The van der Waals surface area contributed by atoms with E-state index in [1.165, 1.54) is 6.92 Å². The number of rotatable bonds is 4. The molecule has 0 aromatic rings. The highest BCUT2D eigenvalue weighted by Gasteiger charge is 2.53. The molecule has 1 rings (SSSR count). The molecule has 3 nitrogen and oxygen atoms in total. The summed E-state index contributed by atoms with van der Waals surface area (Å²) in [4.78, 5) is 22.1. The first kappa shape index (κ1) is 10.6. The van der Waals surface area contributed by atoms with Gasteiger partial charge in [-0.3, -0.25) is 9.59 Å². The quantitative estimate of drug-likeness (QED) is 0.553. The van der Waals surface area contributed by atoms with Gasteiger partial charge in [0.05, 0.1) is 5.25 Å². The zero-order valence-corrected chi connectivity index (χ0v) is 8.77. The summed E-state index contributed by atoms with van der Waals surface area (Å²) < 4.78 is 5.19. The van der Waals surface area contributed by atoms with Crippen molar-refractivity contribution >= 4 is 24.4 Å². The Morgan fingerprint density at radius 2 is 2.08 bits per heavy atom. The molecule has 1 aliphatic rings. The smallest absolute Gasteiger partial charge is 0.306 e. The molecule has 0 N–H and O–H groups in total. The third-order valence-corrected chi connectivity index (χ3v) is 3.07. The predicted octanol–water partition coefficient (Wildman–Crippen LogP) is 1.36. The van der Waals surface area contributed by atoms with Gasteiger partial charge in [0.25, 0.3) is 0 Å². The molecule has 0 saturated heterocycles. The number of hydrogen-bond acceptors (Lipinski definition) is 4. The summed E-state index contributed by atoms with van der Waals surface area (Å²) in [6.07, 6.45) is 1.86. The van der Waals surface area contributed by atoms with Crippen molar-refractivity contribution in [1.82, 2.24) is 0 Å². The summed E-state index contributed by atoms with van der Waals surface area (Å²) in [5.74, 6) is -0.289. The molecule has 1 unspecified atom stereocenters. The molecule has 0 bridgehead atoms. The number of esters is 1. The summed E-state index contributed by atoms with van der Waals surface area (Å²) in [6, 6.07) is 0. The maximum atomic E-state index is 11.0. The van der Waals surface area contributed by atoms with E-state index in [9.17, 15) is 9.59 Å². The Balaban J connectivity index is 2.56. The van der Waals surface area contributed by atoms with Gasteiger partial charge in [-0.15, -0.1) is 0 Å². The second-order valence-electron chi connectivity index (χ2n) is 3.41. The molecule has 1 fully saturated rings. The fraction of sp³-hybridized carbons (Fsp3) is 0.778. The van der Waals surface area contributed by atoms with Gasteiger partial charge in [-0.05, 0) is 19.8 Å². The lowest BCUT2D eigenvalue weighted by molar-refractivity contribution is -0.151. The van der Waals surface area contributed by atoms with Crippen LogP contribution in [0.5, 0.6) is 0 Å². The molecule has 0 aromatic heterocycles. The lowest BCUT2D eigenvalue weighted by Gasteiger charge is -2.20. The van der Waals surface area contributed by atoms with Gasteiger partial charge in [0.1, 0.15) is 11.4 Å². The number of hydrogen-bond donors (Lipinski definition) is 1. The van der Waals surface area contributed by atoms with Crippen molar-refractivity contribution in [1.29, 1.82) is 0 Å². The number of ether oxygens (including phenoxy) is 1. The first-order valence-corrected chi connectivity index (χ1v) is 4.94. The first-order valence-electron chi connectivity index (χ1n) is 4.42. The molecular weight excluding hydrogens is 188 g/mol. The average molecular weight is 202 g/mol. The van der Waals surface area contributed by atoms with Crippen molar-refractivity contribution in [3.8, 4) is 0 Å². The van der Waals surface area contributed by atoms with Gasteiger partial charge in [-0.25, -0.2) is 0 Å². The number of carbonyl (C=O) groups is 2. The van der Waals surface area contributed by atoms with Crippen LogP contribution in [0.3, 0.4) is 0 Å². The van der Waals surface area contributed by atoms with Crippen LogP contribution < -0.4 is 0 Å². The molecule has 1 atom stereocenters. The Hall–Kier alpha value is -0.510. The third kappa shape index (κ3) is 2.24. The van der Waals surface area contributed by atoms with E-state index in [-0.39, 0.29) is 11.8 Å². The number of Topliss-reactive ketones (excluding diaryl/α,β-unsaturated/α-hetero) is 1. The Morgan fingerprint density at radius 1 is 1.54 bits per heavy atom. The van der Waals surface area contributed by atoms with Crippen molar-refractivity contribution < 1.29 is 14.3 Å². The van der Waals surface area contributed by atoms with Gasteiger partial charge in [-0.1, -0.05) is 6.92 Å². The minimum Gasteiger partial charge on any atom is -0.457 e. The predicted molar refractivity (Wildman–Crippen MR) is 51.8 cm³/mol. The van der Waals surface area contributed by atoms with Crippen LogP contribution in [0, 0.1) is 0 Å². The maximum Gasteiger partial charge on any atom is 0.306 e. The minimum atomic E-state index is -0.581. The minimum absolute atomic E-state index is 0.0373. The zero-order valence-electron chi connectivity index (χ0n) is 7.87. The van der Waals surface area contributed by atoms with E-state index in [1.54, 1.807) is 6.92 Å². The number of thiol groups is 1. The van der Waals surface area contributed by atoms with Gasteiger partial charge in [0, 0.05) is 6.42 Å². The van der Waals surface area contributed by atoms with E-state index in [0.717, 1.165) is 12.8 Å². The van der Waals surface area contributed by atoms with Crippen LogP contribution >= 0.6 is 12.6 Å². The molecular formula is C9H14O3S. The van der Waals surface area contributed by atoms with E-state index in [2.05, 4.69) is 12.6 Å². The third-order valence-electron chi connectivity index (χ3n) is 2.23. The van der Waals surface area contributed by atoms with Crippen molar-refractivity contribution in [3.63, 3.8) is 0 Å². The molecule has 0 aliphatic heterocycles. The first-order chi connectivity index (χ1) is 6.02. The van der Waals surface area contributed by atoms with Gasteiger partial charge in [-0.2, -0.15) is 12.6 Å². The van der Waals surface area contributed by atoms with Crippen molar-refractivity contribution in [3.05, 3.63) is 0 Å². The molecule has 0 aromatic carbocycles. The van der Waals surface area contributed by atoms with E-state index in [0.29, 0.717) is 6.42 Å². The normalized spacial score (nSPS) is 20.5. The molecule has 0 radical (unpaired) electrons. The largest absolute Gasteiger partial charge is 0.457 e. The van der Waals surface area contributed by atoms with Crippen molar-refractivity contribution in [2.24, 2.45) is 0 Å². The second kappa shape index (κ2) is 3.70. The number of ketones is 1. The lowest BCUT2D eigenvalue weighted by atomic mass is 10.1. The molecule has 13 heavy (non-hydrogen) atoms. The monoisotopic (exact) mass is 202 g/mol. The molecule has 1 aliphatic carbocycles. The Kier molecular flexibility index (Phi) is 3.01. The molecule has 0 spiro atoms. The summed E-state index contributed by atoms with van der Waals surface area (Å²) >= 11 is 4.15. The van der Waals surface area contributed by atoms with Crippen LogP contribution in [0.2, 0.25) is 0 Å². The lowest BCUT2D eigenvalue weighted by Crippen LogP contribution is -2.34. The van der Waals surface area contributed by atoms with E-state index < -0.39 is 10.9 Å². The Bertz CT molecular complexity index is 233. The van der Waals surface area contributed by atoms with Crippen LogP contribution in [0.15, 0.2) is 0 Å². The molecule has 4 heteroatoms. The SMILES string of the molecule is CCC(=O)OC1(C(S)C(C)=O)CC1.